The topological polar surface area (TPSA) is 30.2 Å². The van der Waals surface area contributed by atoms with E-state index in [1.807, 2.05) is 13.1 Å². The molecule has 11 heavy (non-hydrogen) atoms. The van der Waals surface area contributed by atoms with Crippen LogP contribution in [0.2, 0.25) is 0 Å². The molecule has 0 aliphatic rings. The number of nitrogens with zero attached hydrogens (tertiary/aromatic N) is 3. The molecule has 0 amide bonds. The van der Waals surface area contributed by atoms with Gasteiger partial charge < -0.3 is 0 Å². The smallest absolute Gasteiger partial charge is 0.168 e. The van der Waals surface area contributed by atoms with Crippen LogP contribution in [-0.4, -0.2) is 14.6 Å². The van der Waals surface area contributed by atoms with Crippen LogP contribution in [0, 0.1) is 10.5 Å². The SMILES string of the molecule is Cc1cc(I)c2ncnn2c1. The standard InChI is InChI=1S/C7H6IN3/c1-5-2-6(8)7-9-4-10-11(7)3-5/h2-4H,1H3. The minimum atomic E-state index is 0.927. The molecular weight excluding hydrogens is 253 g/mol. The molecule has 3 nitrogen and oxygen atoms in total. The maximum absolute atomic E-state index is 4.10. The molecule has 2 aromatic rings. The first-order valence-electron chi connectivity index (χ1n) is 3.23. The van der Waals surface area contributed by atoms with Gasteiger partial charge >= 0.3 is 0 Å². The van der Waals surface area contributed by atoms with E-state index in [9.17, 15) is 0 Å². The molecule has 4 heteroatoms. The average Bonchev–Trinajstić information content (AvgIpc) is 2.34. The molecule has 0 aliphatic heterocycles. The van der Waals surface area contributed by atoms with E-state index in [1.165, 1.54) is 5.56 Å². The Morgan fingerprint density at radius 2 is 2.36 bits per heavy atom. The lowest BCUT2D eigenvalue weighted by molar-refractivity contribution is 0.948. The van der Waals surface area contributed by atoms with Crippen molar-refractivity contribution in [3.05, 3.63) is 27.7 Å². The Morgan fingerprint density at radius 1 is 1.55 bits per heavy atom. The quantitative estimate of drug-likeness (QED) is 0.673. The molecule has 56 valence electrons. The molecule has 0 bridgehead atoms. The van der Waals surface area contributed by atoms with Crippen molar-refractivity contribution in [3.63, 3.8) is 0 Å². The summed E-state index contributed by atoms with van der Waals surface area (Å²) in [6.45, 7) is 2.04. The molecule has 2 rings (SSSR count). The van der Waals surface area contributed by atoms with Crippen molar-refractivity contribution in [2.75, 3.05) is 0 Å². The molecule has 0 N–H and O–H groups in total. The lowest BCUT2D eigenvalue weighted by Gasteiger charge is -1.96. The Bertz CT molecular complexity index is 393. The van der Waals surface area contributed by atoms with E-state index in [-0.39, 0.29) is 0 Å². The third kappa shape index (κ3) is 1.11. The Labute approximate surface area is 77.6 Å². The summed E-state index contributed by atoms with van der Waals surface area (Å²) in [7, 11) is 0. The van der Waals surface area contributed by atoms with Crippen molar-refractivity contribution in [1.29, 1.82) is 0 Å². The first-order valence-corrected chi connectivity index (χ1v) is 4.31. The fourth-order valence-corrected chi connectivity index (χ4v) is 1.89. The highest BCUT2D eigenvalue weighted by molar-refractivity contribution is 14.1. The van der Waals surface area contributed by atoms with Crippen LogP contribution in [0.4, 0.5) is 0 Å². The van der Waals surface area contributed by atoms with Crippen LogP contribution in [0.3, 0.4) is 0 Å². The zero-order valence-electron chi connectivity index (χ0n) is 5.95. The maximum Gasteiger partial charge on any atom is 0.168 e. The second kappa shape index (κ2) is 2.44. The molecule has 0 saturated heterocycles. The molecule has 0 aromatic carbocycles. The predicted octanol–water partition coefficient (Wildman–Crippen LogP) is 1.64. The van der Waals surface area contributed by atoms with E-state index in [0.29, 0.717) is 0 Å². The fraction of sp³-hybridized carbons (Fsp3) is 0.143. The Balaban J connectivity index is 2.91. The normalized spacial score (nSPS) is 10.7. The predicted molar refractivity (Wildman–Crippen MR) is 50.4 cm³/mol. The second-order valence-corrected chi connectivity index (χ2v) is 3.56. The summed E-state index contributed by atoms with van der Waals surface area (Å²) in [4.78, 5) is 4.10. The molecule has 0 spiro atoms. The molecule has 0 aliphatic carbocycles. The first kappa shape index (κ1) is 7.02. The number of rotatable bonds is 0. The third-order valence-corrected chi connectivity index (χ3v) is 2.26. The van der Waals surface area contributed by atoms with Gasteiger partial charge in [-0.05, 0) is 41.1 Å². The van der Waals surface area contributed by atoms with Gasteiger partial charge in [0.15, 0.2) is 5.65 Å². The third-order valence-electron chi connectivity index (χ3n) is 1.47. The number of hydrogen-bond acceptors (Lipinski definition) is 2. The van der Waals surface area contributed by atoms with Gasteiger partial charge in [0.05, 0.1) is 3.57 Å². The number of pyridine rings is 1. The van der Waals surface area contributed by atoms with Gasteiger partial charge in [-0.25, -0.2) is 9.50 Å². The van der Waals surface area contributed by atoms with Crippen LogP contribution in [0.1, 0.15) is 5.56 Å². The number of aryl methyl sites for hydroxylation is 1. The van der Waals surface area contributed by atoms with Crippen LogP contribution in [0.25, 0.3) is 5.65 Å². The summed E-state index contributed by atoms with van der Waals surface area (Å²) in [6, 6.07) is 2.09. The fourth-order valence-electron chi connectivity index (χ4n) is 1.01. The van der Waals surface area contributed by atoms with Crippen molar-refractivity contribution in [2.24, 2.45) is 0 Å². The summed E-state index contributed by atoms with van der Waals surface area (Å²) >= 11 is 2.26. The minimum absolute atomic E-state index is 0.927. The van der Waals surface area contributed by atoms with Gasteiger partial charge in [-0.2, -0.15) is 5.10 Å². The molecule has 2 aromatic heterocycles. The van der Waals surface area contributed by atoms with Gasteiger partial charge in [-0.1, -0.05) is 0 Å². The van der Waals surface area contributed by atoms with Gasteiger partial charge in [-0.15, -0.1) is 0 Å². The largest absolute Gasteiger partial charge is 0.220 e. The van der Waals surface area contributed by atoms with Gasteiger partial charge in [-0.3, -0.25) is 0 Å². The highest BCUT2D eigenvalue weighted by Crippen LogP contribution is 2.11. The van der Waals surface area contributed by atoms with Gasteiger partial charge in [0, 0.05) is 6.20 Å². The van der Waals surface area contributed by atoms with Crippen LogP contribution in [0.5, 0.6) is 0 Å². The first-order chi connectivity index (χ1) is 5.27. The second-order valence-electron chi connectivity index (χ2n) is 2.39. The van der Waals surface area contributed by atoms with Gasteiger partial charge in [0.2, 0.25) is 0 Å². The Kier molecular flexibility index (Phi) is 1.56. The van der Waals surface area contributed by atoms with Crippen molar-refractivity contribution in [3.8, 4) is 0 Å². The zero-order chi connectivity index (χ0) is 7.84. The molecule has 0 atom stereocenters. The summed E-state index contributed by atoms with van der Waals surface area (Å²) in [6.07, 6.45) is 3.53. The molecule has 0 saturated carbocycles. The molecule has 2 heterocycles. The molecule has 0 radical (unpaired) electrons. The van der Waals surface area contributed by atoms with Crippen LogP contribution < -0.4 is 0 Å². The number of fused-ring (bicyclic) bond motifs is 1. The lowest BCUT2D eigenvalue weighted by Crippen LogP contribution is -1.90. The zero-order valence-corrected chi connectivity index (χ0v) is 8.11. The molecule has 0 fully saturated rings. The van der Waals surface area contributed by atoms with E-state index in [2.05, 4.69) is 38.7 Å². The molecule has 0 unspecified atom stereocenters. The van der Waals surface area contributed by atoms with E-state index in [0.717, 1.165) is 9.22 Å². The molecular formula is C7H6IN3. The van der Waals surface area contributed by atoms with E-state index < -0.39 is 0 Å². The van der Waals surface area contributed by atoms with Gasteiger partial charge in [0.1, 0.15) is 6.33 Å². The Hall–Kier alpha value is -0.650. The van der Waals surface area contributed by atoms with Gasteiger partial charge in [0.25, 0.3) is 0 Å². The summed E-state index contributed by atoms with van der Waals surface area (Å²) in [5, 5.41) is 4.04. The monoisotopic (exact) mass is 259 g/mol. The number of hydrogen-bond donors (Lipinski definition) is 0. The van der Waals surface area contributed by atoms with Crippen molar-refractivity contribution < 1.29 is 0 Å². The highest BCUT2D eigenvalue weighted by Gasteiger charge is 1.99. The maximum atomic E-state index is 4.10. The lowest BCUT2D eigenvalue weighted by atomic mass is 10.3. The Morgan fingerprint density at radius 3 is 3.18 bits per heavy atom. The number of halogens is 1. The van der Waals surface area contributed by atoms with Crippen molar-refractivity contribution in [1.82, 2.24) is 14.6 Å². The summed E-state index contributed by atoms with van der Waals surface area (Å²) in [5.41, 5.74) is 2.13. The summed E-state index contributed by atoms with van der Waals surface area (Å²) < 4.78 is 2.93. The van der Waals surface area contributed by atoms with E-state index >= 15 is 0 Å². The van der Waals surface area contributed by atoms with Crippen molar-refractivity contribution >= 4 is 28.2 Å². The highest BCUT2D eigenvalue weighted by atomic mass is 127. The van der Waals surface area contributed by atoms with Crippen LogP contribution in [-0.2, 0) is 0 Å². The van der Waals surface area contributed by atoms with Crippen LogP contribution in [0.15, 0.2) is 18.6 Å². The van der Waals surface area contributed by atoms with Crippen molar-refractivity contribution in [2.45, 2.75) is 6.92 Å². The summed E-state index contributed by atoms with van der Waals surface area (Å²) in [5.74, 6) is 0. The van der Waals surface area contributed by atoms with Crippen LogP contribution >= 0.6 is 22.6 Å². The number of aromatic nitrogens is 3. The average molecular weight is 259 g/mol. The van der Waals surface area contributed by atoms with E-state index in [1.54, 1.807) is 10.8 Å². The minimum Gasteiger partial charge on any atom is -0.220 e. The van der Waals surface area contributed by atoms with E-state index in [4.69, 9.17) is 0 Å².